The maximum absolute atomic E-state index is 13.4. The lowest BCUT2D eigenvalue weighted by molar-refractivity contribution is -0.884. The summed E-state index contributed by atoms with van der Waals surface area (Å²) in [4.78, 5) is 40.0. The van der Waals surface area contributed by atoms with Crippen molar-refractivity contribution in [3.63, 3.8) is 0 Å². The minimum Gasteiger partial charge on any atom is -0.378 e. The Labute approximate surface area is 308 Å². The van der Waals surface area contributed by atoms with Crippen LogP contribution in [0.15, 0.2) is 82.6 Å². The van der Waals surface area contributed by atoms with Crippen molar-refractivity contribution in [2.45, 2.75) is 22.9 Å². The van der Waals surface area contributed by atoms with Gasteiger partial charge in [0.2, 0.25) is 0 Å². The molecule has 0 aliphatic rings. The van der Waals surface area contributed by atoms with Gasteiger partial charge in [0.1, 0.15) is 13.1 Å². The molecular weight excluding hydrogens is 757 g/mol. The van der Waals surface area contributed by atoms with E-state index in [-0.39, 0.29) is 33.6 Å². The van der Waals surface area contributed by atoms with Crippen LogP contribution < -0.4 is 8.37 Å². The number of nitro groups is 4. The first kappa shape index (κ1) is 40.7. The van der Waals surface area contributed by atoms with Gasteiger partial charge in [0.25, 0.3) is 22.7 Å². The molecule has 0 fully saturated rings. The van der Waals surface area contributed by atoms with Crippen LogP contribution >= 0.6 is 0 Å². The molecule has 0 atom stereocenters. The maximum atomic E-state index is 13.4. The second-order valence-electron chi connectivity index (χ2n) is 13.9. The van der Waals surface area contributed by atoms with Gasteiger partial charge in [0.05, 0.1) is 85.2 Å². The van der Waals surface area contributed by atoms with Crippen molar-refractivity contribution >= 4 is 43.0 Å². The van der Waals surface area contributed by atoms with Crippen LogP contribution in [0.3, 0.4) is 0 Å². The Balaban J connectivity index is 1.80. The van der Waals surface area contributed by atoms with E-state index in [0.29, 0.717) is 34.4 Å². The Kier molecular flexibility index (Phi) is 11.1. The van der Waals surface area contributed by atoms with Crippen LogP contribution in [-0.2, 0) is 33.3 Å². The van der Waals surface area contributed by atoms with E-state index >= 15 is 0 Å². The van der Waals surface area contributed by atoms with Crippen LogP contribution in [0, 0.1) is 40.5 Å². The predicted molar refractivity (Wildman–Crippen MR) is 190 cm³/mol. The number of non-ortho nitro benzene ring substituents is 2. The van der Waals surface area contributed by atoms with Crippen molar-refractivity contribution in [1.82, 2.24) is 0 Å². The summed E-state index contributed by atoms with van der Waals surface area (Å²) in [5, 5.41) is 45.7. The van der Waals surface area contributed by atoms with Gasteiger partial charge in [-0.15, -0.1) is 0 Å². The normalized spacial score (nSPS) is 12.2. The third-order valence-electron chi connectivity index (χ3n) is 7.38. The van der Waals surface area contributed by atoms with Crippen molar-refractivity contribution < 1.29 is 53.9 Å². The topological polar surface area (TPSA) is 259 Å². The highest BCUT2D eigenvalue weighted by molar-refractivity contribution is 7.87. The van der Waals surface area contributed by atoms with E-state index in [1.54, 1.807) is 12.1 Å². The third kappa shape index (κ3) is 9.65. The van der Waals surface area contributed by atoms with Gasteiger partial charge in [-0.2, -0.15) is 16.8 Å². The Hall–Kier alpha value is -6.10. The van der Waals surface area contributed by atoms with E-state index in [1.807, 2.05) is 42.3 Å². The van der Waals surface area contributed by atoms with Gasteiger partial charge in [-0.05, 0) is 47.5 Å². The van der Waals surface area contributed by atoms with Crippen molar-refractivity contribution in [2.75, 3.05) is 42.3 Å². The molecular formula is C32H34N6O14S2+2. The van der Waals surface area contributed by atoms with Gasteiger partial charge in [0.15, 0.2) is 21.3 Å². The summed E-state index contributed by atoms with van der Waals surface area (Å²) in [6.45, 7) is 0.362. The largest absolute Gasteiger partial charge is 0.378 e. The first-order valence-corrected chi connectivity index (χ1v) is 18.2. The summed E-state index contributed by atoms with van der Waals surface area (Å²) in [5.74, 6) is -0.358. The predicted octanol–water partition coefficient (Wildman–Crippen LogP) is 4.93. The van der Waals surface area contributed by atoms with Gasteiger partial charge >= 0.3 is 20.2 Å². The number of nitrogens with zero attached hydrogens (tertiary/aromatic N) is 6. The van der Waals surface area contributed by atoms with Gasteiger partial charge in [-0.25, -0.2) is 0 Å². The Morgan fingerprint density at radius 2 is 0.833 bits per heavy atom. The van der Waals surface area contributed by atoms with E-state index in [9.17, 15) is 57.3 Å². The molecule has 0 saturated carbocycles. The number of benzene rings is 4. The summed E-state index contributed by atoms with van der Waals surface area (Å²) >= 11 is 0. The summed E-state index contributed by atoms with van der Waals surface area (Å²) in [7, 11) is 1.08. The van der Waals surface area contributed by atoms with Gasteiger partial charge < -0.3 is 17.3 Å². The van der Waals surface area contributed by atoms with Crippen LogP contribution in [-0.4, -0.2) is 87.8 Å². The first-order valence-electron chi connectivity index (χ1n) is 15.4. The van der Waals surface area contributed by atoms with E-state index in [2.05, 4.69) is 0 Å². The zero-order valence-corrected chi connectivity index (χ0v) is 31.2. The number of nitro benzene ring substituents is 4. The zero-order chi connectivity index (χ0) is 40.6. The Bertz CT molecular complexity index is 2250. The fourth-order valence-electron chi connectivity index (χ4n) is 5.22. The highest BCUT2D eigenvalue weighted by Gasteiger charge is 2.33. The van der Waals surface area contributed by atoms with E-state index in [4.69, 9.17) is 8.37 Å². The smallest absolute Gasteiger partial charge is 0.346 e. The molecule has 0 saturated heterocycles. The number of quaternary nitrogens is 2. The third-order valence-corrected chi connectivity index (χ3v) is 9.95. The summed E-state index contributed by atoms with van der Waals surface area (Å²) in [5.41, 5.74) is -1.79. The molecule has 0 aliphatic heterocycles. The molecule has 0 spiro atoms. The van der Waals surface area contributed by atoms with Crippen LogP contribution in [0.5, 0.6) is 11.5 Å². The summed E-state index contributed by atoms with van der Waals surface area (Å²) in [6, 6.07) is 13.0. The highest BCUT2D eigenvalue weighted by atomic mass is 32.2. The first-order chi connectivity index (χ1) is 24.8. The van der Waals surface area contributed by atoms with Crippen molar-refractivity contribution in [3.8, 4) is 22.6 Å². The summed E-state index contributed by atoms with van der Waals surface area (Å²) in [6.07, 6.45) is 0. The number of hydrogen-bond acceptors (Lipinski definition) is 14. The zero-order valence-electron chi connectivity index (χ0n) is 29.6. The summed E-state index contributed by atoms with van der Waals surface area (Å²) < 4.78 is 64.9. The van der Waals surface area contributed by atoms with E-state index in [1.165, 1.54) is 24.3 Å². The molecule has 4 rings (SSSR count). The van der Waals surface area contributed by atoms with Crippen LogP contribution in [0.2, 0.25) is 0 Å². The van der Waals surface area contributed by atoms with E-state index in [0.717, 1.165) is 24.3 Å². The minimum absolute atomic E-state index is 0.179. The molecule has 0 amide bonds. The number of hydrogen-bond donors (Lipinski definition) is 0. The van der Waals surface area contributed by atoms with Gasteiger partial charge in [-0.3, -0.25) is 40.5 Å². The molecule has 20 nitrogen and oxygen atoms in total. The lowest BCUT2D eigenvalue weighted by Crippen LogP contribution is -2.33. The second-order valence-corrected chi connectivity index (χ2v) is 17.0. The molecule has 4 aromatic rings. The Morgan fingerprint density at radius 1 is 0.500 bits per heavy atom. The monoisotopic (exact) mass is 790 g/mol. The average molecular weight is 791 g/mol. The van der Waals surface area contributed by atoms with Gasteiger partial charge in [0, 0.05) is 12.1 Å². The average Bonchev–Trinajstić information content (AvgIpc) is 3.04. The fraction of sp³-hybridized carbons (Fsp3) is 0.250. The molecule has 54 heavy (non-hydrogen) atoms. The quantitative estimate of drug-likeness (QED) is 0.0669. The molecule has 0 aliphatic carbocycles. The van der Waals surface area contributed by atoms with E-state index < -0.39 is 72.5 Å². The molecule has 22 heteroatoms. The fourth-order valence-corrected chi connectivity index (χ4v) is 7.45. The standard InChI is InChI=1S/C32H34N6O14S2/c1-37(2,3)19-23-15-21(7-11-29(23)51-53(47,48)31-13-9-25(33(39)40)17-27(31)35(43)44)22-8-12-30(24(16-22)20-38(4,5)6)52-54(49,50)32-14-10-26(34(41)42)18-28(32)36(45)46/h7-18H,19-20H2,1-6H3/q+2. The van der Waals surface area contributed by atoms with Crippen LogP contribution in [0.1, 0.15) is 11.1 Å². The molecule has 0 unspecified atom stereocenters. The molecule has 0 heterocycles. The van der Waals surface area contributed by atoms with Gasteiger partial charge in [-0.1, -0.05) is 12.1 Å². The minimum atomic E-state index is -4.90. The lowest BCUT2D eigenvalue weighted by Gasteiger charge is -2.26. The Morgan fingerprint density at radius 3 is 1.11 bits per heavy atom. The van der Waals surface area contributed by atoms with Crippen molar-refractivity contribution in [3.05, 3.63) is 124 Å². The van der Waals surface area contributed by atoms with Crippen LogP contribution in [0.25, 0.3) is 11.1 Å². The highest BCUT2D eigenvalue weighted by Crippen LogP contribution is 2.37. The van der Waals surface area contributed by atoms with Crippen LogP contribution in [0.4, 0.5) is 22.7 Å². The SMILES string of the molecule is C[N+](C)(C)Cc1cc(-c2ccc(OS(=O)(=O)c3ccc([N+](=O)[O-])cc3[N+](=O)[O-])c(C[N+](C)(C)C)c2)ccc1OS(=O)(=O)c1ccc([N+](=O)[O-])cc1[N+](=O)[O-]. The van der Waals surface area contributed by atoms with Crippen molar-refractivity contribution in [2.24, 2.45) is 0 Å². The molecule has 0 aromatic heterocycles. The molecule has 0 radical (unpaired) electrons. The maximum Gasteiger partial charge on any atom is 0.346 e. The number of rotatable bonds is 15. The molecule has 0 N–H and O–H groups in total. The van der Waals surface area contributed by atoms with Crippen molar-refractivity contribution in [1.29, 1.82) is 0 Å². The molecule has 0 bridgehead atoms. The molecule has 286 valence electrons. The lowest BCUT2D eigenvalue weighted by atomic mass is 9.99. The second kappa shape index (κ2) is 14.7. The molecule has 4 aromatic carbocycles.